The fourth-order valence-corrected chi connectivity index (χ4v) is 4.32. The van der Waals surface area contributed by atoms with Crippen LogP contribution in [0.25, 0.3) is 28.6 Å². The molecule has 3 aromatic heterocycles. The molecule has 0 spiro atoms. The summed E-state index contributed by atoms with van der Waals surface area (Å²) in [5, 5.41) is 4.59. The lowest BCUT2D eigenvalue weighted by atomic mass is 10.0. The van der Waals surface area contributed by atoms with E-state index in [2.05, 4.69) is 29.0 Å². The highest BCUT2D eigenvalue weighted by molar-refractivity contribution is 6.33. The third-order valence-electron chi connectivity index (χ3n) is 5.50. The number of aryl methyl sites for hydroxylation is 2. The standard InChI is InChI=1S/C27H30ClFN4O3/c1-15(2)9-17-11-20(28)25-30-22(14-33(25)13-17)26-31-24(32-36-26)19-12-21(29)18(10-16(19)3)7-8-23(34)35-27(4,5)6/h10-15H,7-9H2,1-6H3. The maximum Gasteiger partial charge on any atom is 0.306 e. The van der Waals surface area contributed by atoms with Gasteiger partial charge >= 0.3 is 5.97 Å². The minimum atomic E-state index is -0.575. The highest BCUT2D eigenvalue weighted by Gasteiger charge is 2.20. The van der Waals surface area contributed by atoms with Gasteiger partial charge in [-0.3, -0.25) is 4.79 Å². The number of hydrogen-bond donors (Lipinski definition) is 0. The molecule has 3 heterocycles. The summed E-state index contributed by atoms with van der Waals surface area (Å²) in [5.41, 5.74) is 3.30. The zero-order valence-corrected chi connectivity index (χ0v) is 22.1. The summed E-state index contributed by atoms with van der Waals surface area (Å²) >= 11 is 6.46. The molecule has 0 unspecified atom stereocenters. The van der Waals surface area contributed by atoms with Crippen molar-refractivity contribution in [2.24, 2.45) is 5.92 Å². The molecule has 190 valence electrons. The number of ether oxygens (including phenoxy) is 1. The van der Waals surface area contributed by atoms with Crippen LogP contribution in [-0.4, -0.2) is 31.1 Å². The number of nitrogens with zero attached hydrogens (tertiary/aromatic N) is 4. The highest BCUT2D eigenvalue weighted by atomic mass is 35.5. The first-order valence-corrected chi connectivity index (χ1v) is 12.3. The van der Waals surface area contributed by atoms with Gasteiger partial charge in [-0.25, -0.2) is 9.37 Å². The first-order chi connectivity index (χ1) is 16.9. The lowest BCUT2D eigenvalue weighted by Crippen LogP contribution is -2.24. The summed E-state index contributed by atoms with van der Waals surface area (Å²) in [6, 6.07) is 4.99. The van der Waals surface area contributed by atoms with Gasteiger partial charge in [-0.15, -0.1) is 0 Å². The smallest absolute Gasteiger partial charge is 0.306 e. The normalized spacial score (nSPS) is 12.0. The van der Waals surface area contributed by atoms with E-state index < -0.39 is 11.4 Å². The maximum absolute atomic E-state index is 14.9. The van der Waals surface area contributed by atoms with E-state index >= 15 is 0 Å². The van der Waals surface area contributed by atoms with Crippen LogP contribution >= 0.6 is 11.6 Å². The number of aromatic nitrogens is 4. The Hall–Kier alpha value is -3.26. The lowest BCUT2D eigenvalue weighted by molar-refractivity contribution is -0.154. The average Bonchev–Trinajstić information content (AvgIpc) is 3.40. The summed E-state index contributed by atoms with van der Waals surface area (Å²) in [6.45, 7) is 11.5. The van der Waals surface area contributed by atoms with E-state index in [1.54, 1.807) is 33.0 Å². The summed E-state index contributed by atoms with van der Waals surface area (Å²) in [4.78, 5) is 21.0. The molecular weight excluding hydrogens is 483 g/mol. The molecule has 0 atom stereocenters. The number of carbonyl (C=O) groups excluding carboxylic acids is 1. The van der Waals surface area contributed by atoms with Gasteiger partial charge in [0, 0.05) is 24.4 Å². The van der Waals surface area contributed by atoms with Crippen LogP contribution in [0.5, 0.6) is 0 Å². The second-order valence-corrected chi connectivity index (χ2v) is 10.8. The molecule has 1 aromatic carbocycles. The van der Waals surface area contributed by atoms with Crippen LogP contribution in [0.4, 0.5) is 4.39 Å². The number of halogens is 2. The Kier molecular flexibility index (Phi) is 7.18. The predicted octanol–water partition coefficient (Wildman–Crippen LogP) is 6.63. The van der Waals surface area contributed by atoms with Crippen LogP contribution in [0.15, 0.2) is 35.1 Å². The molecule has 0 saturated heterocycles. The summed E-state index contributed by atoms with van der Waals surface area (Å²) < 4.78 is 27.5. The number of pyridine rings is 1. The van der Waals surface area contributed by atoms with Crippen molar-refractivity contribution in [3.05, 3.63) is 58.1 Å². The third kappa shape index (κ3) is 5.93. The summed E-state index contributed by atoms with van der Waals surface area (Å²) in [7, 11) is 0. The molecule has 4 aromatic rings. The van der Waals surface area contributed by atoms with Gasteiger partial charge in [-0.05, 0) is 75.3 Å². The Labute approximate surface area is 214 Å². The monoisotopic (exact) mass is 512 g/mol. The molecule has 0 aliphatic heterocycles. The van der Waals surface area contributed by atoms with Crippen molar-refractivity contribution in [2.45, 2.75) is 66.4 Å². The van der Waals surface area contributed by atoms with Crippen molar-refractivity contribution in [2.75, 3.05) is 0 Å². The molecule has 0 aliphatic rings. The predicted molar refractivity (Wildman–Crippen MR) is 136 cm³/mol. The zero-order valence-electron chi connectivity index (χ0n) is 21.4. The molecule has 0 radical (unpaired) electrons. The van der Waals surface area contributed by atoms with Crippen molar-refractivity contribution < 1.29 is 18.4 Å². The number of benzene rings is 1. The number of hydrogen-bond acceptors (Lipinski definition) is 6. The third-order valence-corrected chi connectivity index (χ3v) is 5.78. The van der Waals surface area contributed by atoms with Gasteiger partial charge < -0.3 is 13.7 Å². The molecule has 36 heavy (non-hydrogen) atoms. The van der Waals surface area contributed by atoms with Crippen LogP contribution < -0.4 is 0 Å². The van der Waals surface area contributed by atoms with Crippen molar-refractivity contribution in [3.63, 3.8) is 0 Å². The van der Waals surface area contributed by atoms with Gasteiger partial charge in [0.1, 0.15) is 17.1 Å². The van der Waals surface area contributed by atoms with E-state index in [0.717, 1.165) is 17.5 Å². The topological polar surface area (TPSA) is 82.5 Å². The fourth-order valence-electron chi connectivity index (χ4n) is 4.04. The molecule has 0 fully saturated rings. The van der Waals surface area contributed by atoms with Crippen LogP contribution in [-0.2, 0) is 22.4 Å². The maximum atomic E-state index is 14.9. The van der Waals surface area contributed by atoms with E-state index in [0.29, 0.717) is 33.4 Å². The van der Waals surface area contributed by atoms with Gasteiger partial charge in [0.15, 0.2) is 5.65 Å². The summed E-state index contributed by atoms with van der Waals surface area (Å²) in [5.74, 6) is 0.151. The lowest BCUT2D eigenvalue weighted by Gasteiger charge is -2.19. The van der Waals surface area contributed by atoms with Crippen LogP contribution in [0, 0.1) is 18.7 Å². The van der Waals surface area contributed by atoms with E-state index in [-0.39, 0.29) is 30.5 Å². The number of imidazole rings is 1. The van der Waals surface area contributed by atoms with Crippen molar-refractivity contribution in [1.29, 1.82) is 0 Å². The van der Waals surface area contributed by atoms with Gasteiger partial charge in [0.05, 0.1) is 5.02 Å². The Morgan fingerprint density at radius 3 is 2.64 bits per heavy atom. The van der Waals surface area contributed by atoms with Crippen molar-refractivity contribution in [3.8, 4) is 23.0 Å². The Morgan fingerprint density at radius 1 is 1.19 bits per heavy atom. The molecule has 0 amide bonds. The van der Waals surface area contributed by atoms with Crippen LogP contribution in [0.2, 0.25) is 5.02 Å². The molecule has 4 rings (SSSR count). The SMILES string of the molecule is Cc1cc(CCC(=O)OC(C)(C)C)c(F)cc1-c1noc(-c2cn3cc(CC(C)C)cc(Cl)c3n2)n1. The Balaban J connectivity index is 1.56. The molecule has 0 saturated carbocycles. The van der Waals surface area contributed by atoms with Gasteiger partial charge in [0.25, 0.3) is 5.89 Å². The first kappa shape index (κ1) is 25.8. The van der Waals surface area contributed by atoms with Crippen molar-refractivity contribution >= 4 is 23.2 Å². The van der Waals surface area contributed by atoms with E-state index in [1.807, 2.05) is 23.6 Å². The van der Waals surface area contributed by atoms with Crippen LogP contribution in [0.1, 0.15) is 57.7 Å². The minimum absolute atomic E-state index is 0.0919. The van der Waals surface area contributed by atoms with E-state index in [9.17, 15) is 9.18 Å². The highest BCUT2D eigenvalue weighted by Crippen LogP contribution is 2.29. The average molecular weight is 513 g/mol. The van der Waals surface area contributed by atoms with Gasteiger partial charge in [-0.2, -0.15) is 4.98 Å². The molecule has 0 bridgehead atoms. The number of rotatable bonds is 7. The molecule has 0 aliphatic carbocycles. The van der Waals surface area contributed by atoms with Crippen LogP contribution in [0.3, 0.4) is 0 Å². The Bertz CT molecular complexity index is 1420. The zero-order chi connectivity index (χ0) is 26.2. The molecule has 9 heteroatoms. The van der Waals surface area contributed by atoms with E-state index in [1.165, 1.54) is 6.07 Å². The number of fused-ring (bicyclic) bond motifs is 1. The first-order valence-electron chi connectivity index (χ1n) is 11.9. The van der Waals surface area contributed by atoms with E-state index in [4.69, 9.17) is 20.9 Å². The summed E-state index contributed by atoms with van der Waals surface area (Å²) in [6.07, 6.45) is 5.00. The minimum Gasteiger partial charge on any atom is -0.460 e. The van der Waals surface area contributed by atoms with Gasteiger partial charge in [-0.1, -0.05) is 36.7 Å². The second-order valence-electron chi connectivity index (χ2n) is 10.4. The second kappa shape index (κ2) is 10.0. The Morgan fingerprint density at radius 2 is 1.94 bits per heavy atom. The largest absolute Gasteiger partial charge is 0.460 e. The van der Waals surface area contributed by atoms with Gasteiger partial charge in [0.2, 0.25) is 5.82 Å². The molecule has 7 nitrogen and oxygen atoms in total. The number of esters is 1. The van der Waals surface area contributed by atoms with Crippen molar-refractivity contribution in [1.82, 2.24) is 19.5 Å². The number of carbonyl (C=O) groups is 1. The fraction of sp³-hybridized carbons (Fsp3) is 0.407. The molecule has 0 N–H and O–H groups in total. The molecular formula is C27H30ClFN4O3. The quantitative estimate of drug-likeness (QED) is 0.259.